The number of rotatable bonds is 8. The Morgan fingerprint density at radius 1 is 1.10 bits per heavy atom. The van der Waals surface area contributed by atoms with Crippen molar-refractivity contribution in [1.82, 2.24) is 25.0 Å². The first kappa shape index (κ1) is 27.8. The second kappa shape index (κ2) is 11.0. The van der Waals surface area contributed by atoms with E-state index in [-0.39, 0.29) is 12.5 Å². The number of H-pyrrole nitrogens is 1. The minimum Gasteiger partial charge on any atom is -0.366 e. The third kappa shape index (κ3) is 5.00. The highest BCUT2D eigenvalue weighted by Crippen LogP contribution is 2.46. The summed E-state index contributed by atoms with van der Waals surface area (Å²) in [5.74, 6) is -0.862. The zero-order valence-electron chi connectivity index (χ0n) is 22.8. The Kier molecular flexibility index (Phi) is 7.47. The van der Waals surface area contributed by atoms with E-state index in [0.717, 1.165) is 28.7 Å². The molecule has 1 aliphatic carbocycles. The number of primary amides is 2. The van der Waals surface area contributed by atoms with Gasteiger partial charge in [-0.15, -0.1) is 0 Å². The number of nitrogens with two attached hydrogens (primary N) is 2. The molecule has 12 heteroatoms. The van der Waals surface area contributed by atoms with Crippen LogP contribution in [0.5, 0.6) is 0 Å². The van der Waals surface area contributed by atoms with Crippen LogP contribution < -0.4 is 22.5 Å². The van der Waals surface area contributed by atoms with Gasteiger partial charge in [0, 0.05) is 24.7 Å². The molecule has 1 atom stereocenters. The molecule has 1 fully saturated rings. The number of carbonyl (C=O) groups is 3. The first-order chi connectivity index (χ1) is 19.6. The molecule has 2 aromatic carbocycles. The van der Waals surface area contributed by atoms with Gasteiger partial charge in [-0.2, -0.15) is 10.4 Å². The minimum atomic E-state index is -1.01. The molecular weight excluding hydrogens is 524 g/mol. The predicted molar refractivity (Wildman–Crippen MR) is 149 cm³/mol. The monoisotopic (exact) mass is 556 g/mol. The molecule has 1 aliphatic heterocycles. The first-order valence-electron chi connectivity index (χ1n) is 13.6. The van der Waals surface area contributed by atoms with Gasteiger partial charge in [0.05, 0.1) is 18.0 Å². The number of nitriles is 1. The standard InChI is InChI=1S/C29H32N8O4/c1-36-28(41)34-27(35-36)29(10-11-33-16-24(38)37-12-2-3-21(37)15-30)22-8-6-19(25(31)39)13-17(22)4-5-18-14-20(26(32)40)7-9-23(18)29/h6-9,13-14,21,33H,2-5,10-12,16H2,1H3,(H2,31,39)(H2,32,40)(H,34,35,41)/t21-/m0/s1. The van der Waals surface area contributed by atoms with Crippen LogP contribution in [0.4, 0.5) is 0 Å². The van der Waals surface area contributed by atoms with Crippen LogP contribution in [-0.2, 0) is 30.1 Å². The zero-order chi connectivity index (χ0) is 29.3. The Bertz CT molecular complexity index is 1570. The number of hydrogen-bond donors (Lipinski definition) is 4. The third-order valence-electron chi connectivity index (χ3n) is 8.21. The lowest BCUT2D eigenvalue weighted by atomic mass is 9.69. The lowest BCUT2D eigenvalue weighted by Crippen LogP contribution is -2.42. The van der Waals surface area contributed by atoms with Crippen molar-refractivity contribution in [2.24, 2.45) is 18.5 Å². The lowest BCUT2D eigenvalue weighted by Gasteiger charge is -2.35. The molecule has 0 saturated carbocycles. The summed E-state index contributed by atoms with van der Waals surface area (Å²) in [5, 5.41) is 17.2. The van der Waals surface area contributed by atoms with Crippen molar-refractivity contribution in [1.29, 1.82) is 5.26 Å². The van der Waals surface area contributed by atoms with Crippen LogP contribution in [0, 0.1) is 11.3 Å². The molecule has 212 valence electrons. The van der Waals surface area contributed by atoms with E-state index >= 15 is 0 Å². The number of fused-ring (bicyclic) bond motifs is 2. The van der Waals surface area contributed by atoms with E-state index < -0.39 is 29.0 Å². The van der Waals surface area contributed by atoms with E-state index in [2.05, 4.69) is 21.5 Å². The quantitative estimate of drug-likeness (QED) is 0.285. The molecule has 0 spiro atoms. The number of aromatic amines is 1. The van der Waals surface area contributed by atoms with Crippen molar-refractivity contribution in [2.45, 2.75) is 43.6 Å². The fourth-order valence-corrected chi connectivity index (χ4v) is 6.16. The normalized spacial score (nSPS) is 17.3. The van der Waals surface area contributed by atoms with E-state index in [1.165, 1.54) is 4.68 Å². The molecule has 2 aliphatic rings. The molecule has 5 rings (SSSR count). The minimum absolute atomic E-state index is 0.0495. The highest BCUT2D eigenvalue weighted by Gasteiger charge is 2.44. The molecule has 12 nitrogen and oxygen atoms in total. The van der Waals surface area contributed by atoms with Gasteiger partial charge in [-0.25, -0.2) is 9.48 Å². The van der Waals surface area contributed by atoms with E-state index in [1.54, 1.807) is 36.2 Å². The maximum atomic E-state index is 12.9. The van der Waals surface area contributed by atoms with Gasteiger partial charge >= 0.3 is 5.69 Å². The summed E-state index contributed by atoms with van der Waals surface area (Å²) in [7, 11) is 1.56. The summed E-state index contributed by atoms with van der Waals surface area (Å²) in [4.78, 5) is 54.2. The molecule has 6 N–H and O–H groups in total. The molecule has 3 amide bonds. The van der Waals surface area contributed by atoms with Gasteiger partial charge in [0.15, 0.2) is 0 Å². The second-order valence-electron chi connectivity index (χ2n) is 10.6. The molecule has 0 unspecified atom stereocenters. The van der Waals surface area contributed by atoms with Crippen LogP contribution in [0.25, 0.3) is 0 Å². The average molecular weight is 557 g/mol. The van der Waals surface area contributed by atoms with Gasteiger partial charge in [-0.3, -0.25) is 19.4 Å². The number of benzene rings is 2. The average Bonchev–Trinajstić information content (AvgIpc) is 3.54. The van der Waals surface area contributed by atoms with E-state index in [9.17, 15) is 24.4 Å². The number of nitrogens with zero attached hydrogens (tertiary/aromatic N) is 4. The third-order valence-corrected chi connectivity index (χ3v) is 8.21. The number of hydrogen-bond acceptors (Lipinski definition) is 7. The molecular formula is C29H32N8O4. The van der Waals surface area contributed by atoms with Crippen molar-refractivity contribution < 1.29 is 14.4 Å². The summed E-state index contributed by atoms with van der Waals surface area (Å²) in [6, 6.07) is 12.3. The Labute approximate surface area is 236 Å². The molecule has 0 bridgehead atoms. The van der Waals surface area contributed by atoms with Crippen LogP contribution in [0.2, 0.25) is 0 Å². The first-order valence-corrected chi connectivity index (χ1v) is 13.6. The topological polar surface area (TPSA) is 193 Å². The summed E-state index contributed by atoms with van der Waals surface area (Å²) in [5.41, 5.74) is 13.9. The van der Waals surface area contributed by atoms with Gasteiger partial charge in [-0.05, 0) is 85.2 Å². The summed E-state index contributed by atoms with van der Waals surface area (Å²) in [6.45, 7) is 0.959. The fourth-order valence-electron chi connectivity index (χ4n) is 6.16. The van der Waals surface area contributed by atoms with Crippen molar-refractivity contribution in [3.63, 3.8) is 0 Å². The number of nitrogens with one attached hydrogen (secondary N) is 2. The molecule has 1 saturated heterocycles. The van der Waals surface area contributed by atoms with Crippen molar-refractivity contribution in [3.05, 3.63) is 86.1 Å². The number of amides is 3. The Morgan fingerprint density at radius 3 is 2.22 bits per heavy atom. The van der Waals surface area contributed by atoms with Crippen LogP contribution >= 0.6 is 0 Å². The van der Waals surface area contributed by atoms with Gasteiger partial charge in [0.2, 0.25) is 17.7 Å². The van der Waals surface area contributed by atoms with E-state index in [4.69, 9.17) is 11.5 Å². The maximum absolute atomic E-state index is 12.9. The van der Waals surface area contributed by atoms with E-state index in [0.29, 0.717) is 55.7 Å². The fraction of sp³-hybridized carbons (Fsp3) is 0.379. The molecule has 2 heterocycles. The van der Waals surface area contributed by atoms with E-state index in [1.807, 2.05) is 12.1 Å². The SMILES string of the molecule is Cn1nc(C2(CCNCC(=O)N3CCC[C@H]3C#N)c3ccc(C(N)=O)cc3CCc3cc(C(N)=O)ccc32)[nH]c1=O. The van der Waals surface area contributed by atoms with Gasteiger partial charge in [-0.1, -0.05) is 12.1 Å². The summed E-state index contributed by atoms with van der Waals surface area (Å²) >= 11 is 0. The zero-order valence-corrected chi connectivity index (χ0v) is 22.8. The van der Waals surface area contributed by atoms with Gasteiger partial charge < -0.3 is 21.7 Å². The highest BCUT2D eigenvalue weighted by molar-refractivity contribution is 5.94. The number of carbonyl (C=O) groups excluding carboxylic acids is 3. The predicted octanol–water partition coefficient (Wildman–Crippen LogP) is 0.233. The molecule has 3 aromatic rings. The highest BCUT2D eigenvalue weighted by atomic mass is 16.2. The Balaban J connectivity index is 1.60. The molecule has 1 aromatic heterocycles. The van der Waals surface area contributed by atoms with Gasteiger partial charge in [0.1, 0.15) is 11.9 Å². The van der Waals surface area contributed by atoms with Gasteiger partial charge in [0.25, 0.3) is 0 Å². The largest absolute Gasteiger partial charge is 0.366 e. The maximum Gasteiger partial charge on any atom is 0.343 e. The smallest absolute Gasteiger partial charge is 0.343 e. The Hall–Kier alpha value is -4.76. The number of aryl methyl sites for hydroxylation is 3. The van der Waals surface area contributed by atoms with Crippen molar-refractivity contribution >= 4 is 17.7 Å². The molecule has 0 radical (unpaired) electrons. The number of aromatic nitrogens is 3. The second-order valence-corrected chi connectivity index (χ2v) is 10.6. The van der Waals surface area contributed by atoms with Crippen LogP contribution in [-0.4, -0.2) is 63.1 Å². The van der Waals surface area contributed by atoms with Crippen LogP contribution in [0.15, 0.2) is 41.2 Å². The Morgan fingerprint density at radius 2 is 1.71 bits per heavy atom. The van der Waals surface area contributed by atoms with Crippen molar-refractivity contribution in [3.8, 4) is 6.07 Å². The van der Waals surface area contributed by atoms with Crippen LogP contribution in [0.3, 0.4) is 0 Å². The molecule has 41 heavy (non-hydrogen) atoms. The van der Waals surface area contributed by atoms with Crippen LogP contribution in [0.1, 0.15) is 68.1 Å². The number of likely N-dealkylation sites (tertiary alicyclic amines) is 1. The summed E-state index contributed by atoms with van der Waals surface area (Å²) in [6.07, 6.45) is 2.93. The summed E-state index contributed by atoms with van der Waals surface area (Å²) < 4.78 is 1.23. The van der Waals surface area contributed by atoms with Crippen molar-refractivity contribution in [2.75, 3.05) is 19.6 Å². The lowest BCUT2D eigenvalue weighted by molar-refractivity contribution is -0.130.